The number of likely N-dealkylation sites (tertiary alicyclic amines) is 1. The Hall–Kier alpha value is -1.26. The van der Waals surface area contributed by atoms with E-state index in [0.717, 1.165) is 6.42 Å². The van der Waals surface area contributed by atoms with E-state index in [-0.39, 0.29) is 6.03 Å². The van der Waals surface area contributed by atoms with Crippen LogP contribution >= 0.6 is 0 Å². The van der Waals surface area contributed by atoms with Crippen LogP contribution in [0.4, 0.5) is 4.79 Å². The van der Waals surface area contributed by atoms with Crippen LogP contribution in [-0.4, -0.2) is 52.6 Å². The summed E-state index contributed by atoms with van der Waals surface area (Å²) in [6, 6.07) is -0.195. The van der Waals surface area contributed by atoms with Gasteiger partial charge < -0.3 is 14.9 Å². The predicted octanol–water partition coefficient (Wildman–Crippen LogP) is 0.997. The number of urea groups is 1. The van der Waals surface area contributed by atoms with E-state index in [0.29, 0.717) is 19.5 Å². The third-order valence-corrected chi connectivity index (χ3v) is 3.13. The second-order valence-electron chi connectivity index (χ2n) is 4.13. The van der Waals surface area contributed by atoms with E-state index in [2.05, 4.69) is 0 Å². The maximum absolute atomic E-state index is 11.9. The third-order valence-electron chi connectivity index (χ3n) is 3.13. The molecular formula is C10H18N2O3. The Bertz CT molecular complexity index is 280. The molecule has 1 saturated heterocycles. The molecule has 1 aliphatic rings. The number of aliphatic carboxylic acids is 1. The topological polar surface area (TPSA) is 60.9 Å². The smallest absolute Gasteiger partial charge is 0.329 e. The van der Waals surface area contributed by atoms with Crippen LogP contribution in [0.2, 0.25) is 0 Å². The Morgan fingerprint density at radius 2 is 2.13 bits per heavy atom. The van der Waals surface area contributed by atoms with Crippen LogP contribution in [-0.2, 0) is 4.79 Å². The molecule has 0 aliphatic carbocycles. The fraction of sp³-hybridized carbons (Fsp3) is 0.800. The van der Waals surface area contributed by atoms with Crippen LogP contribution in [0, 0.1) is 0 Å². The average molecular weight is 214 g/mol. The molecule has 1 unspecified atom stereocenters. The SMILES string of the molecule is CCN(C)C(=O)N1CCCC1(C)C(=O)O. The minimum absolute atomic E-state index is 0.195. The van der Waals surface area contributed by atoms with Crippen molar-refractivity contribution in [3.05, 3.63) is 0 Å². The van der Waals surface area contributed by atoms with Gasteiger partial charge in [-0.05, 0) is 26.7 Å². The zero-order valence-electron chi connectivity index (χ0n) is 9.49. The van der Waals surface area contributed by atoms with Gasteiger partial charge in [0, 0.05) is 20.1 Å². The van der Waals surface area contributed by atoms with Gasteiger partial charge in [0.05, 0.1) is 0 Å². The lowest BCUT2D eigenvalue weighted by atomic mass is 10.00. The third kappa shape index (κ3) is 1.91. The van der Waals surface area contributed by atoms with Crippen molar-refractivity contribution in [3.8, 4) is 0 Å². The van der Waals surface area contributed by atoms with Crippen molar-refractivity contribution >= 4 is 12.0 Å². The van der Waals surface area contributed by atoms with Crippen molar-refractivity contribution in [2.45, 2.75) is 32.2 Å². The zero-order chi connectivity index (χ0) is 11.6. The second-order valence-corrected chi connectivity index (χ2v) is 4.13. The van der Waals surface area contributed by atoms with Crippen LogP contribution in [0.1, 0.15) is 26.7 Å². The molecule has 1 aliphatic heterocycles. The molecule has 1 heterocycles. The Balaban J connectivity index is 2.86. The fourth-order valence-corrected chi connectivity index (χ4v) is 1.83. The molecule has 5 nitrogen and oxygen atoms in total. The Labute approximate surface area is 89.7 Å². The number of rotatable bonds is 2. The minimum atomic E-state index is -1.03. The van der Waals surface area contributed by atoms with Crippen molar-refractivity contribution in [1.82, 2.24) is 9.80 Å². The van der Waals surface area contributed by atoms with Crippen LogP contribution in [0.25, 0.3) is 0 Å². The maximum Gasteiger partial charge on any atom is 0.329 e. The molecule has 0 bridgehead atoms. The summed E-state index contributed by atoms with van der Waals surface area (Å²) in [5.74, 6) is -0.919. The van der Waals surface area contributed by atoms with Gasteiger partial charge in [-0.1, -0.05) is 0 Å². The van der Waals surface area contributed by atoms with E-state index in [1.807, 2.05) is 6.92 Å². The van der Waals surface area contributed by atoms with Crippen LogP contribution in [0.15, 0.2) is 0 Å². The van der Waals surface area contributed by atoms with Gasteiger partial charge in [0.25, 0.3) is 0 Å². The number of amides is 2. The molecular weight excluding hydrogens is 196 g/mol. The minimum Gasteiger partial charge on any atom is -0.480 e. The summed E-state index contributed by atoms with van der Waals surface area (Å²) in [6.45, 7) is 4.60. The molecule has 1 fully saturated rings. The lowest BCUT2D eigenvalue weighted by molar-refractivity contribution is -0.147. The van der Waals surface area contributed by atoms with Gasteiger partial charge in [-0.2, -0.15) is 0 Å². The zero-order valence-corrected chi connectivity index (χ0v) is 9.49. The number of carbonyl (C=O) groups is 2. The van der Waals surface area contributed by atoms with Crippen molar-refractivity contribution in [2.75, 3.05) is 20.1 Å². The summed E-state index contributed by atoms with van der Waals surface area (Å²) in [5, 5.41) is 9.13. The number of nitrogens with zero attached hydrogens (tertiary/aromatic N) is 2. The molecule has 15 heavy (non-hydrogen) atoms. The number of carboxylic acids is 1. The monoisotopic (exact) mass is 214 g/mol. The van der Waals surface area contributed by atoms with E-state index in [4.69, 9.17) is 5.11 Å². The summed E-state index contributed by atoms with van der Waals surface area (Å²) >= 11 is 0. The van der Waals surface area contributed by atoms with Crippen molar-refractivity contribution in [2.24, 2.45) is 0 Å². The number of hydrogen-bond acceptors (Lipinski definition) is 2. The lowest BCUT2D eigenvalue weighted by Crippen LogP contribution is -2.54. The molecule has 0 aromatic heterocycles. The lowest BCUT2D eigenvalue weighted by Gasteiger charge is -2.33. The highest BCUT2D eigenvalue weighted by molar-refractivity contribution is 5.86. The van der Waals surface area contributed by atoms with E-state index < -0.39 is 11.5 Å². The van der Waals surface area contributed by atoms with Gasteiger partial charge >= 0.3 is 12.0 Å². The first-order valence-corrected chi connectivity index (χ1v) is 5.19. The van der Waals surface area contributed by atoms with E-state index in [9.17, 15) is 9.59 Å². The van der Waals surface area contributed by atoms with Crippen LogP contribution < -0.4 is 0 Å². The van der Waals surface area contributed by atoms with Crippen LogP contribution in [0.3, 0.4) is 0 Å². The number of carbonyl (C=O) groups excluding carboxylic acids is 1. The summed E-state index contributed by atoms with van der Waals surface area (Å²) in [5.41, 5.74) is -1.03. The van der Waals surface area contributed by atoms with Crippen molar-refractivity contribution in [3.63, 3.8) is 0 Å². The summed E-state index contributed by atoms with van der Waals surface area (Å²) in [7, 11) is 1.68. The quantitative estimate of drug-likeness (QED) is 0.746. The molecule has 0 saturated carbocycles. The second kappa shape index (κ2) is 4.08. The Morgan fingerprint density at radius 3 is 2.60 bits per heavy atom. The number of carboxylic acid groups (broad SMARTS) is 1. The van der Waals surface area contributed by atoms with Gasteiger partial charge in [-0.15, -0.1) is 0 Å². The standard InChI is InChI=1S/C10H18N2O3/c1-4-11(3)9(15)12-7-5-6-10(12,2)8(13)14/h4-7H2,1-3H3,(H,13,14). The molecule has 0 aromatic rings. The Morgan fingerprint density at radius 1 is 1.53 bits per heavy atom. The highest BCUT2D eigenvalue weighted by Crippen LogP contribution is 2.29. The molecule has 0 aromatic carbocycles. The molecule has 2 amide bonds. The fourth-order valence-electron chi connectivity index (χ4n) is 1.83. The molecule has 5 heteroatoms. The molecule has 1 atom stereocenters. The maximum atomic E-state index is 11.9. The molecule has 1 rings (SSSR count). The first-order chi connectivity index (χ1) is 6.93. The van der Waals surface area contributed by atoms with Gasteiger partial charge in [0.1, 0.15) is 5.54 Å². The Kier molecular flexibility index (Phi) is 3.21. The average Bonchev–Trinajstić information content (AvgIpc) is 2.59. The van der Waals surface area contributed by atoms with Crippen LogP contribution in [0.5, 0.6) is 0 Å². The summed E-state index contributed by atoms with van der Waals surface area (Å²) in [6.07, 6.45) is 1.29. The van der Waals surface area contributed by atoms with Crippen molar-refractivity contribution in [1.29, 1.82) is 0 Å². The van der Waals surface area contributed by atoms with Gasteiger partial charge in [-0.25, -0.2) is 9.59 Å². The molecule has 0 radical (unpaired) electrons. The first kappa shape index (κ1) is 11.8. The van der Waals surface area contributed by atoms with E-state index in [1.54, 1.807) is 14.0 Å². The summed E-state index contributed by atoms with van der Waals surface area (Å²) < 4.78 is 0. The van der Waals surface area contributed by atoms with Gasteiger partial charge in [0.2, 0.25) is 0 Å². The molecule has 1 N–H and O–H groups in total. The highest BCUT2D eigenvalue weighted by Gasteiger charge is 2.46. The number of hydrogen-bond donors (Lipinski definition) is 1. The van der Waals surface area contributed by atoms with E-state index in [1.165, 1.54) is 9.80 Å². The highest BCUT2D eigenvalue weighted by atomic mass is 16.4. The largest absolute Gasteiger partial charge is 0.480 e. The van der Waals surface area contributed by atoms with Gasteiger partial charge in [-0.3, -0.25) is 0 Å². The molecule has 86 valence electrons. The normalized spacial score (nSPS) is 25.4. The molecule has 0 spiro atoms. The van der Waals surface area contributed by atoms with Gasteiger partial charge in [0.15, 0.2) is 0 Å². The summed E-state index contributed by atoms with van der Waals surface area (Å²) in [4.78, 5) is 26.0. The first-order valence-electron chi connectivity index (χ1n) is 5.19. The van der Waals surface area contributed by atoms with Crippen molar-refractivity contribution < 1.29 is 14.7 Å². The van der Waals surface area contributed by atoms with E-state index >= 15 is 0 Å². The predicted molar refractivity (Wildman–Crippen MR) is 55.7 cm³/mol.